The van der Waals surface area contributed by atoms with Crippen LogP contribution in [-0.2, 0) is 16.6 Å². The van der Waals surface area contributed by atoms with Gasteiger partial charge >= 0.3 is 5.97 Å². The Labute approximate surface area is 137 Å². The number of benzene rings is 1. The second-order valence-corrected chi connectivity index (χ2v) is 7.64. The number of thiazole rings is 1. The zero-order valence-electron chi connectivity index (χ0n) is 11.9. The summed E-state index contributed by atoms with van der Waals surface area (Å²) >= 11 is 13.4. The van der Waals surface area contributed by atoms with Crippen molar-refractivity contribution < 1.29 is 9.90 Å². The molecule has 6 heteroatoms. The summed E-state index contributed by atoms with van der Waals surface area (Å²) in [5.41, 5.74) is 1.32. The maximum absolute atomic E-state index is 11.1. The highest BCUT2D eigenvalue weighted by Gasteiger charge is 2.23. The van der Waals surface area contributed by atoms with Crippen molar-refractivity contribution in [3.63, 3.8) is 0 Å². The third kappa shape index (κ3) is 3.76. The van der Waals surface area contributed by atoms with Crippen LogP contribution in [0.1, 0.15) is 30.7 Å². The summed E-state index contributed by atoms with van der Waals surface area (Å²) in [5, 5.41) is 10.9. The van der Waals surface area contributed by atoms with Crippen molar-refractivity contribution in [1.82, 2.24) is 4.98 Å². The molecule has 0 aliphatic rings. The van der Waals surface area contributed by atoms with Gasteiger partial charge in [0.2, 0.25) is 0 Å². The van der Waals surface area contributed by atoms with E-state index in [-0.39, 0.29) is 11.8 Å². The van der Waals surface area contributed by atoms with E-state index in [1.807, 2.05) is 0 Å². The molecule has 0 atom stereocenters. The number of rotatable bonds is 3. The third-order valence-electron chi connectivity index (χ3n) is 2.84. The van der Waals surface area contributed by atoms with Crippen LogP contribution in [0, 0.1) is 0 Å². The first-order valence-electron chi connectivity index (χ1n) is 6.36. The van der Waals surface area contributed by atoms with Crippen molar-refractivity contribution in [2.24, 2.45) is 0 Å². The second-order valence-electron chi connectivity index (χ2n) is 5.74. The van der Waals surface area contributed by atoms with E-state index < -0.39 is 5.97 Å². The van der Waals surface area contributed by atoms with Crippen LogP contribution in [0.15, 0.2) is 18.2 Å². The summed E-state index contributed by atoms with van der Waals surface area (Å²) in [7, 11) is 0. The molecule has 21 heavy (non-hydrogen) atoms. The molecule has 0 saturated heterocycles. The number of halogens is 2. The number of carboxylic acid groups (broad SMARTS) is 1. The second kappa shape index (κ2) is 5.95. The Morgan fingerprint density at radius 1 is 1.29 bits per heavy atom. The minimum absolute atomic E-state index is 0.0523. The summed E-state index contributed by atoms with van der Waals surface area (Å²) in [4.78, 5) is 16.4. The molecule has 2 aromatic rings. The molecule has 112 valence electrons. The van der Waals surface area contributed by atoms with Crippen LogP contribution >= 0.6 is 34.5 Å². The van der Waals surface area contributed by atoms with E-state index in [4.69, 9.17) is 28.3 Å². The van der Waals surface area contributed by atoms with Gasteiger partial charge in [0.25, 0.3) is 0 Å². The fourth-order valence-corrected chi connectivity index (χ4v) is 3.23. The van der Waals surface area contributed by atoms with Gasteiger partial charge in [-0.25, -0.2) is 4.98 Å². The van der Waals surface area contributed by atoms with E-state index in [1.165, 1.54) is 11.3 Å². The molecule has 0 amide bonds. The molecule has 0 aliphatic heterocycles. The number of nitrogens with zero attached hydrogens (tertiary/aromatic N) is 1. The number of aromatic nitrogens is 1. The van der Waals surface area contributed by atoms with E-state index in [2.05, 4.69) is 25.8 Å². The number of carboxylic acids is 1. The smallest absolute Gasteiger partial charge is 0.308 e. The van der Waals surface area contributed by atoms with Crippen LogP contribution in [0.2, 0.25) is 10.0 Å². The quantitative estimate of drug-likeness (QED) is 0.848. The van der Waals surface area contributed by atoms with Crippen molar-refractivity contribution in [1.29, 1.82) is 0 Å². The summed E-state index contributed by atoms with van der Waals surface area (Å²) in [6, 6.07) is 5.22. The van der Waals surface area contributed by atoms with Gasteiger partial charge in [-0.3, -0.25) is 4.79 Å². The van der Waals surface area contributed by atoms with Crippen LogP contribution in [0.3, 0.4) is 0 Å². The molecule has 1 aromatic carbocycles. The van der Waals surface area contributed by atoms with Crippen molar-refractivity contribution >= 4 is 40.5 Å². The zero-order chi connectivity index (χ0) is 15.8. The first-order chi connectivity index (χ1) is 9.68. The molecule has 3 nitrogen and oxygen atoms in total. The van der Waals surface area contributed by atoms with Crippen LogP contribution in [-0.4, -0.2) is 16.1 Å². The van der Waals surface area contributed by atoms with Gasteiger partial charge in [0, 0.05) is 15.9 Å². The minimum Gasteiger partial charge on any atom is -0.481 e. The van der Waals surface area contributed by atoms with Gasteiger partial charge in [-0.2, -0.15) is 0 Å². The summed E-state index contributed by atoms with van der Waals surface area (Å²) in [5.74, 6) is -0.875. The Balaban J connectivity index is 2.56. The van der Waals surface area contributed by atoms with Crippen LogP contribution in [0.5, 0.6) is 0 Å². The highest BCUT2D eigenvalue weighted by molar-refractivity contribution is 7.12. The Morgan fingerprint density at radius 2 is 1.95 bits per heavy atom. The highest BCUT2D eigenvalue weighted by atomic mass is 35.5. The Bertz CT molecular complexity index is 689. The lowest BCUT2D eigenvalue weighted by molar-refractivity contribution is -0.136. The van der Waals surface area contributed by atoms with Crippen LogP contribution in [0.25, 0.3) is 11.3 Å². The lowest BCUT2D eigenvalue weighted by Gasteiger charge is -2.13. The van der Waals surface area contributed by atoms with Crippen LogP contribution in [0.4, 0.5) is 0 Å². The molecule has 1 N–H and O–H groups in total. The van der Waals surface area contributed by atoms with Crippen molar-refractivity contribution in [2.45, 2.75) is 32.6 Å². The van der Waals surface area contributed by atoms with Crippen LogP contribution < -0.4 is 0 Å². The van der Waals surface area contributed by atoms with E-state index >= 15 is 0 Å². The molecule has 0 bridgehead atoms. The molecule has 0 saturated carbocycles. The average Bonchev–Trinajstić information content (AvgIpc) is 2.75. The molecule has 2 rings (SSSR count). The normalized spacial score (nSPS) is 11.7. The third-order valence-corrected chi connectivity index (χ3v) is 5.06. The minimum atomic E-state index is -0.875. The van der Waals surface area contributed by atoms with E-state index in [1.54, 1.807) is 18.2 Å². The summed E-state index contributed by atoms with van der Waals surface area (Å²) in [6.45, 7) is 6.15. The number of hydrogen-bond acceptors (Lipinski definition) is 3. The molecule has 0 aliphatic carbocycles. The first kappa shape index (κ1) is 16.3. The van der Waals surface area contributed by atoms with Gasteiger partial charge in [0.1, 0.15) is 0 Å². The monoisotopic (exact) mass is 343 g/mol. The van der Waals surface area contributed by atoms with Gasteiger partial charge in [0.15, 0.2) is 0 Å². The number of aliphatic carboxylic acids is 1. The lowest BCUT2D eigenvalue weighted by Crippen LogP contribution is -2.10. The number of hydrogen-bond donors (Lipinski definition) is 1. The van der Waals surface area contributed by atoms with E-state index in [9.17, 15) is 4.79 Å². The highest BCUT2D eigenvalue weighted by Crippen LogP contribution is 2.36. The van der Waals surface area contributed by atoms with E-state index in [0.29, 0.717) is 15.7 Å². The molecule has 1 heterocycles. The van der Waals surface area contributed by atoms with Crippen molar-refractivity contribution in [2.75, 3.05) is 0 Å². The largest absolute Gasteiger partial charge is 0.481 e. The van der Waals surface area contributed by atoms with Gasteiger partial charge in [-0.1, -0.05) is 50.0 Å². The molecule has 0 spiro atoms. The molecule has 0 radical (unpaired) electrons. The predicted molar refractivity (Wildman–Crippen MR) is 87.6 cm³/mol. The van der Waals surface area contributed by atoms with Crippen molar-refractivity contribution in [3.8, 4) is 11.3 Å². The maximum Gasteiger partial charge on any atom is 0.308 e. The van der Waals surface area contributed by atoms with Crippen molar-refractivity contribution in [3.05, 3.63) is 38.1 Å². The summed E-state index contributed by atoms with van der Waals surface area (Å²) < 4.78 is 0. The Morgan fingerprint density at radius 3 is 2.48 bits per heavy atom. The van der Waals surface area contributed by atoms with E-state index in [0.717, 1.165) is 15.4 Å². The standard InChI is InChI=1S/C15H15Cl2NO2S/c1-15(2,3)14-18-13(11(21-14)7-12(19)20)8-4-5-9(16)10(17)6-8/h4-6H,7H2,1-3H3,(H,19,20). The summed E-state index contributed by atoms with van der Waals surface area (Å²) in [6.07, 6.45) is -0.0523. The maximum atomic E-state index is 11.1. The first-order valence-corrected chi connectivity index (χ1v) is 7.93. The van der Waals surface area contributed by atoms with Gasteiger partial charge in [0.05, 0.1) is 27.2 Å². The fraction of sp³-hybridized carbons (Fsp3) is 0.333. The average molecular weight is 344 g/mol. The lowest BCUT2D eigenvalue weighted by atomic mass is 9.98. The predicted octanol–water partition coefficient (Wildman–Crippen LogP) is 5.04. The molecule has 0 fully saturated rings. The fourth-order valence-electron chi connectivity index (χ4n) is 1.80. The Kier molecular flexibility index (Phi) is 4.61. The Hall–Kier alpha value is -1.10. The molecular weight excluding hydrogens is 329 g/mol. The van der Waals surface area contributed by atoms with Gasteiger partial charge in [-0.05, 0) is 12.1 Å². The molecule has 1 aromatic heterocycles. The molecular formula is C15H15Cl2NO2S. The SMILES string of the molecule is CC(C)(C)c1nc(-c2ccc(Cl)c(Cl)c2)c(CC(=O)O)s1. The zero-order valence-corrected chi connectivity index (χ0v) is 14.2. The molecule has 0 unspecified atom stereocenters. The number of carbonyl (C=O) groups is 1. The van der Waals surface area contributed by atoms with Gasteiger partial charge < -0.3 is 5.11 Å². The van der Waals surface area contributed by atoms with Gasteiger partial charge in [-0.15, -0.1) is 11.3 Å². The topological polar surface area (TPSA) is 50.2 Å².